The number of hydrogen-bond acceptors (Lipinski definition) is 2. The monoisotopic (exact) mass is 456 g/mol. The molecule has 3 aromatic rings. The molecule has 8 heteroatoms. The van der Waals surface area contributed by atoms with Gasteiger partial charge in [-0.3, -0.25) is 9.59 Å². The molecule has 33 heavy (non-hydrogen) atoms. The average Bonchev–Trinajstić information content (AvgIpc) is 2.75. The number of nitrogens with one attached hydrogen (secondary N) is 2. The van der Waals surface area contributed by atoms with Crippen molar-refractivity contribution >= 4 is 28.8 Å². The summed E-state index contributed by atoms with van der Waals surface area (Å²) < 4.78 is 52.7. The molecule has 0 bridgehead atoms. The lowest BCUT2D eigenvalue weighted by Gasteiger charge is -2.16. The van der Waals surface area contributed by atoms with E-state index in [1.54, 1.807) is 26.0 Å². The molecule has 170 valence electrons. The quantitative estimate of drug-likeness (QED) is 0.429. The van der Waals surface area contributed by atoms with Crippen LogP contribution in [0.4, 0.5) is 28.9 Å². The van der Waals surface area contributed by atoms with Crippen LogP contribution in [-0.2, 0) is 0 Å². The molecule has 0 saturated heterocycles. The fourth-order valence-electron chi connectivity index (χ4n) is 3.27. The minimum Gasteiger partial charge on any atom is -0.322 e. The number of carbonyl (C=O) groups is 2. The Bertz CT molecular complexity index is 1230. The van der Waals surface area contributed by atoms with Gasteiger partial charge in [0, 0.05) is 16.9 Å². The van der Waals surface area contributed by atoms with Crippen LogP contribution in [-0.4, -0.2) is 18.0 Å². The maximum absolute atomic E-state index is 13.8. The van der Waals surface area contributed by atoms with E-state index in [-0.39, 0.29) is 22.4 Å². The predicted octanol–water partition coefficient (Wildman–Crippen LogP) is 6.52. The van der Waals surface area contributed by atoms with E-state index in [9.17, 15) is 27.2 Å². The summed E-state index contributed by atoms with van der Waals surface area (Å²) in [7, 11) is 0. The highest BCUT2D eigenvalue weighted by Crippen LogP contribution is 2.35. The highest BCUT2D eigenvalue weighted by Gasteiger charge is 2.33. The van der Waals surface area contributed by atoms with E-state index in [0.29, 0.717) is 16.8 Å². The molecule has 0 radical (unpaired) electrons. The van der Waals surface area contributed by atoms with Crippen molar-refractivity contribution < 1.29 is 27.2 Å². The van der Waals surface area contributed by atoms with Gasteiger partial charge in [-0.2, -0.15) is 13.2 Å². The van der Waals surface area contributed by atoms with Crippen LogP contribution in [0.15, 0.2) is 67.2 Å². The van der Waals surface area contributed by atoms with Crippen LogP contribution in [0.3, 0.4) is 0 Å². The first-order valence-corrected chi connectivity index (χ1v) is 9.82. The van der Waals surface area contributed by atoms with Crippen molar-refractivity contribution in [1.29, 1.82) is 0 Å². The second kappa shape index (κ2) is 9.28. The zero-order valence-electron chi connectivity index (χ0n) is 17.8. The van der Waals surface area contributed by atoms with E-state index in [0.717, 1.165) is 0 Å². The number of hydrogen-bond donors (Lipinski definition) is 2. The molecule has 2 N–H and O–H groups in total. The molecular formula is C25H20F4N2O2. The van der Waals surface area contributed by atoms with Crippen LogP contribution in [0.2, 0.25) is 0 Å². The second-order valence-electron chi connectivity index (χ2n) is 7.43. The second-order valence-corrected chi connectivity index (χ2v) is 7.43. The van der Waals surface area contributed by atoms with E-state index in [1.165, 1.54) is 48.5 Å². The molecule has 0 aliphatic carbocycles. The van der Waals surface area contributed by atoms with Gasteiger partial charge in [0.15, 0.2) is 0 Å². The lowest BCUT2D eigenvalue weighted by molar-refractivity contribution is -0.0686. The number of aryl methyl sites for hydroxylation is 2. The van der Waals surface area contributed by atoms with Crippen molar-refractivity contribution in [3.63, 3.8) is 0 Å². The molecule has 4 nitrogen and oxygen atoms in total. The van der Waals surface area contributed by atoms with Crippen molar-refractivity contribution in [2.24, 2.45) is 0 Å². The largest absolute Gasteiger partial charge is 0.416 e. The molecule has 3 aromatic carbocycles. The van der Waals surface area contributed by atoms with E-state index in [4.69, 9.17) is 0 Å². The number of allylic oxidation sites excluding steroid dienone is 1. The Morgan fingerprint density at radius 2 is 1.45 bits per heavy atom. The van der Waals surface area contributed by atoms with Gasteiger partial charge >= 0.3 is 6.18 Å². The van der Waals surface area contributed by atoms with Crippen LogP contribution in [0.5, 0.6) is 0 Å². The van der Waals surface area contributed by atoms with Gasteiger partial charge in [0.25, 0.3) is 11.8 Å². The topological polar surface area (TPSA) is 58.2 Å². The Hall–Kier alpha value is -3.94. The molecule has 0 aliphatic rings. The van der Waals surface area contributed by atoms with Crippen molar-refractivity contribution in [1.82, 2.24) is 0 Å². The van der Waals surface area contributed by atoms with Crippen LogP contribution < -0.4 is 10.6 Å². The minimum atomic E-state index is -4.56. The lowest BCUT2D eigenvalue weighted by Crippen LogP contribution is -2.16. The van der Waals surface area contributed by atoms with Gasteiger partial charge in [0.05, 0.1) is 11.1 Å². The van der Waals surface area contributed by atoms with Gasteiger partial charge in [0.1, 0.15) is 5.82 Å². The standard InChI is InChI=1S/C25H20F4N2O2/c1-14-11-18(16(3)25(27,28)29)12-15(2)22(14)31-23(32)17-7-6-8-19(13-17)30-24(33)20-9-4-5-10-21(20)26/h4-13H,3H2,1-2H3,(H,30,33)(H,31,32). The Morgan fingerprint density at radius 3 is 2.06 bits per heavy atom. The molecule has 0 fully saturated rings. The van der Waals surface area contributed by atoms with Gasteiger partial charge in [0.2, 0.25) is 0 Å². The maximum Gasteiger partial charge on any atom is 0.416 e. The van der Waals surface area contributed by atoms with Gasteiger partial charge in [-0.25, -0.2) is 4.39 Å². The van der Waals surface area contributed by atoms with Gasteiger partial charge in [-0.15, -0.1) is 0 Å². The molecule has 0 saturated carbocycles. The highest BCUT2D eigenvalue weighted by atomic mass is 19.4. The van der Waals surface area contributed by atoms with Crippen molar-refractivity contribution in [2.45, 2.75) is 20.0 Å². The maximum atomic E-state index is 13.8. The number of halogens is 4. The Labute approximate surface area is 187 Å². The van der Waals surface area contributed by atoms with E-state index >= 15 is 0 Å². The Balaban J connectivity index is 1.79. The summed E-state index contributed by atoms with van der Waals surface area (Å²) in [6, 6.07) is 14.1. The summed E-state index contributed by atoms with van der Waals surface area (Å²) in [4.78, 5) is 25.1. The van der Waals surface area contributed by atoms with Crippen LogP contribution in [0.25, 0.3) is 5.57 Å². The Kier molecular flexibility index (Phi) is 6.67. The number of anilines is 2. The molecule has 0 aromatic heterocycles. The van der Waals surface area contributed by atoms with Gasteiger partial charge in [-0.05, 0) is 73.0 Å². The number of alkyl halides is 3. The van der Waals surface area contributed by atoms with E-state index in [1.807, 2.05) is 0 Å². The fourth-order valence-corrected chi connectivity index (χ4v) is 3.27. The molecule has 0 heterocycles. The third-order valence-electron chi connectivity index (χ3n) is 4.96. The zero-order valence-corrected chi connectivity index (χ0v) is 17.8. The summed E-state index contributed by atoms with van der Waals surface area (Å²) in [6.07, 6.45) is -4.56. The first-order chi connectivity index (χ1) is 15.5. The Morgan fingerprint density at radius 1 is 0.818 bits per heavy atom. The first kappa shape index (κ1) is 23.7. The van der Waals surface area contributed by atoms with Crippen molar-refractivity contribution in [3.8, 4) is 0 Å². The predicted molar refractivity (Wildman–Crippen MR) is 120 cm³/mol. The van der Waals surface area contributed by atoms with Crippen molar-refractivity contribution in [2.75, 3.05) is 10.6 Å². The summed E-state index contributed by atoms with van der Waals surface area (Å²) in [5.41, 5.74) is 0.544. The molecule has 3 rings (SSSR count). The molecule has 0 atom stereocenters. The van der Waals surface area contributed by atoms with Gasteiger partial charge < -0.3 is 10.6 Å². The molecule has 0 unspecified atom stereocenters. The molecule has 0 spiro atoms. The third-order valence-corrected chi connectivity index (χ3v) is 4.96. The summed E-state index contributed by atoms with van der Waals surface area (Å²) in [5, 5.41) is 5.24. The summed E-state index contributed by atoms with van der Waals surface area (Å²) in [6.45, 7) is 6.28. The first-order valence-electron chi connectivity index (χ1n) is 9.82. The highest BCUT2D eigenvalue weighted by molar-refractivity contribution is 6.08. The smallest absolute Gasteiger partial charge is 0.322 e. The average molecular weight is 456 g/mol. The SMILES string of the molecule is C=C(c1cc(C)c(NC(=O)c2cccc(NC(=O)c3ccccc3F)c2)c(C)c1)C(F)(F)F. The fraction of sp³-hybridized carbons (Fsp3) is 0.120. The van der Waals surface area contributed by atoms with Crippen LogP contribution >= 0.6 is 0 Å². The minimum absolute atomic E-state index is 0.0756. The third kappa shape index (κ3) is 5.46. The van der Waals surface area contributed by atoms with Gasteiger partial charge in [-0.1, -0.05) is 24.8 Å². The molecule has 0 aliphatic heterocycles. The van der Waals surface area contributed by atoms with E-state index in [2.05, 4.69) is 17.2 Å². The molecule has 2 amide bonds. The van der Waals surface area contributed by atoms with E-state index < -0.39 is 29.4 Å². The number of benzene rings is 3. The molecular weight excluding hydrogens is 436 g/mol. The van der Waals surface area contributed by atoms with Crippen molar-refractivity contribution in [3.05, 3.63) is 101 Å². The zero-order chi connectivity index (χ0) is 24.3. The summed E-state index contributed by atoms with van der Waals surface area (Å²) in [5.74, 6) is -1.87. The van der Waals surface area contributed by atoms with Crippen LogP contribution in [0.1, 0.15) is 37.4 Å². The summed E-state index contributed by atoms with van der Waals surface area (Å²) >= 11 is 0. The number of amides is 2. The normalized spacial score (nSPS) is 11.1. The number of carbonyl (C=O) groups excluding carboxylic acids is 2. The van der Waals surface area contributed by atoms with Crippen LogP contribution in [0, 0.1) is 19.7 Å². The number of rotatable bonds is 5. The lowest BCUT2D eigenvalue weighted by atomic mass is 9.99.